The van der Waals surface area contributed by atoms with Gasteiger partial charge in [0.15, 0.2) is 0 Å². The molecule has 1 aromatic rings. The molecule has 0 saturated carbocycles. The second kappa shape index (κ2) is 12.7. The normalized spacial score (nSPS) is 15.3. The summed E-state index contributed by atoms with van der Waals surface area (Å²) in [6.07, 6.45) is 1.64. The van der Waals surface area contributed by atoms with Crippen LogP contribution < -0.4 is 0 Å². The summed E-state index contributed by atoms with van der Waals surface area (Å²) in [7, 11) is -3.50. The summed E-state index contributed by atoms with van der Waals surface area (Å²) in [5.41, 5.74) is 2.14. The Morgan fingerprint density at radius 2 is 1.76 bits per heavy atom. The van der Waals surface area contributed by atoms with Gasteiger partial charge in [-0.25, -0.2) is 8.42 Å². The summed E-state index contributed by atoms with van der Waals surface area (Å²) >= 11 is 5.72. The van der Waals surface area contributed by atoms with Gasteiger partial charge < -0.3 is 9.80 Å². The SMILES string of the molecule is CCS(=O)(=O)N(CC(=O)N(Cc1ccc(C)cc1)C1CCN(C(=O)CCCl)CC1)CC(C)C. The number of halogens is 1. The van der Waals surface area contributed by atoms with Gasteiger partial charge in [0.25, 0.3) is 0 Å². The van der Waals surface area contributed by atoms with Crippen LogP contribution in [0.2, 0.25) is 0 Å². The van der Waals surface area contributed by atoms with Crippen molar-refractivity contribution < 1.29 is 18.0 Å². The summed E-state index contributed by atoms with van der Waals surface area (Å²) in [5.74, 6) is 0.220. The van der Waals surface area contributed by atoms with Crippen LogP contribution in [0.3, 0.4) is 0 Å². The molecule has 1 aliphatic heterocycles. The van der Waals surface area contributed by atoms with E-state index in [1.54, 1.807) is 11.8 Å². The highest BCUT2D eigenvalue weighted by molar-refractivity contribution is 7.89. The van der Waals surface area contributed by atoms with Gasteiger partial charge in [-0.3, -0.25) is 9.59 Å². The maximum Gasteiger partial charge on any atom is 0.238 e. The average Bonchev–Trinajstić information content (AvgIpc) is 2.78. The molecule has 0 N–H and O–H groups in total. The highest BCUT2D eigenvalue weighted by Gasteiger charge is 2.32. The Bertz CT molecular complexity index is 881. The summed E-state index contributed by atoms with van der Waals surface area (Å²) in [6.45, 7) is 9.21. The first-order chi connectivity index (χ1) is 15.6. The number of hydrogen-bond acceptors (Lipinski definition) is 4. The van der Waals surface area contributed by atoms with E-state index in [9.17, 15) is 18.0 Å². The van der Waals surface area contributed by atoms with E-state index in [4.69, 9.17) is 11.6 Å². The van der Waals surface area contributed by atoms with Gasteiger partial charge in [-0.1, -0.05) is 43.7 Å². The molecule has 1 aromatic carbocycles. The van der Waals surface area contributed by atoms with Crippen molar-refractivity contribution in [2.45, 2.75) is 59.5 Å². The fraction of sp³-hybridized carbons (Fsp3) is 0.667. The number of benzene rings is 1. The fourth-order valence-corrected chi connectivity index (χ4v) is 5.44. The molecule has 9 heteroatoms. The van der Waals surface area contributed by atoms with Crippen LogP contribution in [0, 0.1) is 12.8 Å². The molecule has 0 unspecified atom stereocenters. The summed E-state index contributed by atoms with van der Waals surface area (Å²) < 4.78 is 26.6. The van der Waals surface area contributed by atoms with Gasteiger partial charge in [0.2, 0.25) is 21.8 Å². The Morgan fingerprint density at radius 3 is 2.27 bits per heavy atom. The summed E-state index contributed by atoms with van der Waals surface area (Å²) in [6, 6.07) is 7.98. The summed E-state index contributed by atoms with van der Waals surface area (Å²) in [4.78, 5) is 29.3. The predicted molar refractivity (Wildman–Crippen MR) is 133 cm³/mol. The number of aryl methyl sites for hydroxylation is 1. The lowest BCUT2D eigenvalue weighted by Crippen LogP contribution is -2.51. The van der Waals surface area contributed by atoms with Crippen molar-refractivity contribution in [2.24, 2.45) is 5.92 Å². The van der Waals surface area contributed by atoms with E-state index in [1.807, 2.05) is 49.9 Å². The maximum absolute atomic E-state index is 13.5. The first-order valence-electron chi connectivity index (χ1n) is 11.7. The van der Waals surface area contributed by atoms with Crippen LogP contribution >= 0.6 is 11.6 Å². The van der Waals surface area contributed by atoms with Gasteiger partial charge in [0.1, 0.15) is 0 Å². The van der Waals surface area contributed by atoms with Crippen molar-refractivity contribution >= 4 is 33.4 Å². The Morgan fingerprint density at radius 1 is 1.15 bits per heavy atom. The van der Waals surface area contributed by atoms with Crippen LogP contribution in [0.5, 0.6) is 0 Å². The molecule has 0 aliphatic carbocycles. The van der Waals surface area contributed by atoms with E-state index >= 15 is 0 Å². The monoisotopic (exact) mass is 499 g/mol. The number of likely N-dealkylation sites (tertiary alicyclic amines) is 1. The van der Waals surface area contributed by atoms with E-state index in [-0.39, 0.29) is 36.1 Å². The standard InChI is InChI=1S/C24H38ClN3O4S/c1-5-33(31,32)27(16-19(2)3)18-24(30)28(17-21-8-6-20(4)7-9-21)22-11-14-26(15-12-22)23(29)10-13-25/h6-9,19,22H,5,10-18H2,1-4H3. The highest BCUT2D eigenvalue weighted by Crippen LogP contribution is 2.21. The molecule has 1 heterocycles. The lowest BCUT2D eigenvalue weighted by atomic mass is 10.0. The summed E-state index contributed by atoms with van der Waals surface area (Å²) in [5, 5.41) is 0. The second-order valence-corrected chi connectivity index (χ2v) is 11.8. The van der Waals surface area contributed by atoms with E-state index in [2.05, 4.69) is 0 Å². The van der Waals surface area contributed by atoms with Gasteiger partial charge in [-0.05, 0) is 38.2 Å². The Kier molecular flexibility index (Phi) is 10.6. The first-order valence-corrected chi connectivity index (χ1v) is 13.9. The van der Waals surface area contributed by atoms with E-state index in [0.29, 0.717) is 51.3 Å². The van der Waals surface area contributed by atoms with Crippen LogP contribution in [0.25, 0.3) is 0 Å². The smallest absolute Gasteiger partial charge is 0.238 e. The zero-order valence-electron chi connectivity index (χ0n) is 20.3. The number of piperidine rings is 1. The van der Waals surface area contributed by atoms with Gasteiger partial charge >= 0.3 is 0 Å². The number of rotatable bonds is 11. The number of carbonyl (C=O) groups is 2. The molecular weight excluding hydrogens is 462 g/mol. The third-order valence-electron chi connectivity index (χ3n) is 6.00. The maximum atomic E-state index is 13.5. The zero-order chi connectivity index (χ0) is 24.6. The van der Waals surface area contributed by atoms with Crippen molar-refractivity contribution in [2.75, 3.05) is 37.8 Å². The van der Waals surface area contributed by atoms with Crippen LogP contribution in [0.1, 0.15) is 51.2 Å². The third-order valence-corrected chi connectivity index (χ3v) is 7.98. The molecule has 0 spiro atoms. The second-order valence-electron chi connectivity index (χ2n) is 9.15. The van der Waals surface area contributed by atoms with Crippen molar-refractivity contribution in [1.29, 1.82) is 0 Å². The van der Waals surface area contributed by atoms with Gasteiger partial charge in [0, 0.05) is 44.5 Å². The topological polar surface area (TPSA) is 78.0 Å². The minimum absolute atomic E-state index is 0.0357. The third kappa shape index (κ3) is 8.26. The number of sulfonamides is 1. The number of carbonyl (C=O) groups excluding carboxylic acids is 2. The molecule has 0 radical (unpaired) electrons. The Labute approximate surface area is 204 Å². The van der Waals surface area contributed by atoms with Crippen molar-refractivity contribution in [3.05, 3.63) is 35.4 Å². The van der Waals surface area contributed by atoms with Crippen LogP contribution in [-0.4, -0.2) is 78.2 Å². The quantitative estimate of drug-likeness (QED) is 0.438. The van der Waals surface area contributed by atoms with E-state index in [1.165, 1.54) is 4.31 Å². The number of nitrogens with zero attached hydrogens (tertiary/aromatic N) is 3. The molecule has 0 aromatic heterocycles. The average molecular weight is 500 g/mol. The molecule has 2 rings (SSSR count). The Balaban J connectivity index is 2.22. The molecular formula is C24H38ClN3O4S. The lowest BCUT2D eigenvalue weighted by molar-refractivity contribution is -0.137. The molecule has 0 bridgehead atoms. The largest absolute Gasteiger partial charge is 0.343 e. The number of alkyl halides is 1. The van der Waals surface area contributed by atoms with Crippen LogP contribution in [0.15, 0.2) is 24.3 Å². The van der Waals surface area contributed by atoms with Crippen molar-refractivity contribution in [1.82, 2.24) is 14.1 Å². The van der Waals surface area contributed by atoms with Crippen LogP contribution in [0.4, 0.5) is 0 Å². The Hall–Kier alpha value is -1.64. The number of hydrogen-bond donors (Lipinski definition) is 0. The van der Waals surface area contributed by atoms with Gasteiger partial charge in [-0.2, -0.15) is 4.31 Å². The number of amides is 2. The molecule has 7 nitrogen and oxygen atoms in total. The predicted octanol–water partition coefficient (Wildman–Crippen LogP) is 3.25. The molecule has 0 atom stereocenters. The zero-order valence-corrected chi connectivity index (χ0v) is 21.9. The molecule has 1 fully saturated rings. The first kappa shape index (κ1) is 27.6. The van der Waals surface area contributed by atoms with Gasteiger partial charge in [0.05, 0.1) is 12.3 Å². The van der Waals surface area contributed by atoms with E-state index < -0.39 is 10.0 Å². The highest BCUT2D eigenvalue weighted by atomic mass is 35.5. The molecule has 1 aliphatic rings. The van der Waals surface area contributed by atoms with Crippen molar-refractivity contribution in [3.63, 3.8) is 0 Å². The minimum atomic E-state index is -3.50. The molecule has 2 amide bonds. The fourth-order valence-electron chi connectivity index (χ4n) is 4.08. The lowest BCUT2D eigenvalue weighted by Gasteiger charge is -2.39. The molecule has 1 saturated heterocycles. The van der Waals surface area contributed by atoms with E-state index in [0.717, 1.165) is 11.1 Å². The molecule has 33 heavy (non-hydrogen) atoms. The van der Waals surface area contributed by atoms with Crippen LogP contribution in [-0.2, 0) is 26.2 Å². The minimum Gasteiger partial charge on any atom is -0.343 e. The van der Waals surface area contributed by atoms with Gasteiger partial charge in [-0.15, -0.1) is 11.6 Å². The molecule has 186 valence electrons. The van der Waals surface area contributed by atoms with Crippen molar-refractivity contribution in [3.8, 4) is 0 Å².